The molecule has 2 fully saturated rings. The minimum absolute atomic E-state index is 0.0154. The van der Waals surface area contributed by atoms with Gasteiger partial charge < -0.3 is 10.2 Å². The van der Waals surface area contributed by atoms with Crippen LogP contribution in [0.1, 0.15) is 38.2 Å². The average Bonchev–Trinajstić information content (AvgIpc) is 3.42. The van der Waals surface area contributed by atoms with Gasteiger partial charge in [0, 0.05) is 32.7 Å². The molecule has 1 aromatic rings. The van der Waals surface area contributed by atoms with Crippen molar-refractivity contribution in [3.63, 3.8) is 0 Å². The lowest BCUT2D eigenvalue weighted by molar-refractivity contribution is -0.139. The number of carbonyl (C=O) groups excluding carboxylic acids is 2. The summed E-state index contributed by atoms with van der Waals surface area (Å²) in [4.78, 5) is 29.4. The van der Waals surface area contributed by atoms with E-state index in [9.17, 15) is 9.59 Å². The summed E-state index contributed by atoms with van der Waals surface area (Å²) < 4.78 is 0. The molecule has 5 nitrogen and oxygen atoms in total. The minimum atomic E-state index is -0.361. The van der Waals surface area contributed by atoms with Crippen molar-refractivity contribution in [2.45, 2.75) is 45.2 Å². The smallest absolute Gasteiger partial charge is 0.237 e. The molecule has 0 unspecified atom stereocenters. The van der Waals surface area contributed by atoms with Crippen molar-refractivity contribution in [1.29, 1.82) is 0 Å². The molecule has 136 valence electrons. The second-order valence-electron chi connectivity index (χ2n) is 7.25. The van der Waals surface area contributed by atoms with E-state index in [2.05, 4.69) is 29.3 Å². The summed E-state index contributed by atoms with van der Waals surface area (Å²) in [6.45, 7) is 5.90. The molecule has 1 N–H and O–H groups in total. The molecule has 0 spiro atoms. The number of rotatable bonds is 8. The van der Waals surface area contributed by atoms with Crippen molar-refractivity contribution in [2.75, 3.05) is 26.2 Å². The van der Waals surface area contributed by atoms with E-state index in [1.165, 1.54) is 18.4 Å². The summed E-state index contributed by atoms with van der Waals surface area (Å²) >= 11 is 0. The van der Waals surface area contributed by atoms with E-state index in [0.717, 1.165) is 26.1 Å². The van der Waals surface area contributed by atoms with Gasteiger partial charge in [0.2, 0.25) is 11.8 Å². The Labute approximate surface area is 150 Å². The summed E-state index contributed by atoms with van der Waals surface area (Å²) in [6, 6.07) is 9.80. The van der Waals surface area contributed by atoms with Crippen LogP contribution in [0, 0.1) is 5.92 Å². The first-order valence-corrected chi connectivity index (χ1v) is 9.51. The van der Waals surface area contributed by atoms with Gasteiger partial charge >= 0.3 is 0 Å². The molecule has 0 aromatic heterocycles. The van der Waals surface area contributed by atoms with E-state index < -0.39 is 0 Å². The molecule has 5 heteroatoms. The maximum absolute atomic E-state index is 12.8. The molecule has 0 radical (unpaired) electrons. The highest BCUT2D eigenvalue weighted by Gasteiger charge is 2.34. The predicted octanol–water partition coefficient (Wildman–Crippen LogP) is 2.03. The molecule has 0 bridgehead atoms. The van der Waals surface area contributed by atoms with E-state index in [-0.39, 0.29) is 24.3 Å². The van der Waals surface area contributed by atoms with Gasteiger partial charge in [-0.1, -0.05) is 37.3 Å². The Morgan fingerprint density at radius 3 is 2.72 bits per heavy atom. The summed E-state index contributed by atoms with van der Waals surface area (Å²) in [5.74, 6) is 0.781. The lowest BCUT2D eigenvalue weighted by Gasteiger charge is -2.36. The van der Waals surface area contributed by atoms with Crippen molar-refractivity contribution >= 4 is 11.8 Å². The number of hydrogen-bond donors (Lipinski definition) is 1. The van der Waals surface area contributed by atoms with Gasteiger partial charge in [0.15, 0.2) is 0 Å². The Morgan fingerprint density at radius 2 is 2.04 bits per heavy atom. The van der Waals surface area contributed by atoms with Crippen LogP contribution in [0.3, 0.4) is 0 Å². The molecule has 2 amide bonds. The molecule has 1 aliphatic carbocycles. The Kier molecular flexibility index (Phi) is 6.08. The van der Waals surface area contributed by atoms with Crippen molar-refractivity contribution < 1.29 is 9.59 Å². The summed E-state index contributed by atoms with van der Waals surface area (Å²) in [5.41, 5.74) is 1.18. The number of carbonyl (C=O) groups is 2. The van der Waals surface area contributed by atoms with Gasteiger partial charge in [-0.2, -0.15) is 0 Å². The fourth-order valence-electron chi connectivity index (χ4n) is 3.49. The maximum Gasteiger partial charge on any atom is 0.237 e. The third kappa shape index (κ3) is 5.05. The van der Waals surface area contributed by atoms with E-state index in [1.54, 1.807) is 0 Å². The van der Waals surface area contributed by atoms with Crippen LogP contribution in [0.15, 0.2) is 30.3 Å². The minimum Gasteiger partial charge on any atom is -0.353 e. The molecule has 1 saturated heterocycles. The van der Waals surface area contributed by atoms with Crippen molar-refractivity contribution in [1.82, 2.24) is 15.1 Å². The molecule has 1 aliphatic heterocycles. The van der Waals surface area contributed by atoms with E-state index in [0.29, 0.717) is 19.0 Å². The van der Waals surface area contributed by atoms with E-state index >= 15 is 0 Å². The van der Waals surface area contributed by atoms with Crippen LogP contribution in [0.2, 0.25) is 0 Å². The molecular formula is C20H29N3O2. The zero-order valence-electron chi connectivity index (χ0n) is 15.1. The van der Waals surface area contributed by atoms with Gasteiger partial charge in [-0.15, -0.1) is 0 Å². The van der Waals surface area contributed by atoms with Crippen molar-refractivity contribution in [2.24, 2.45) is 5.92 Å². The van der Waals surface area contributed by atoms with Gasteiger partial charge in [-0.05, 0) is 30.7 Å². The maximum atomic E-state index is 12.8. The Hall–Kier alpha value is -1.88. The first-order valence-electron chi connectivity index (χ1n) is 9.51. The SMILES string of the molecule is CCCN(CC1CC1)C(=O)C[C@@H]1C(=O)NCCN1Cc1ccccc1. The van der Waals surface area contributed by atoms with Crippen molar-refractivity contribution in [3.8, 4) is 0 Å². The number of hydrogen-bond acceptors (Lipinski definition) is 3. The fourth-order valence-corrected chi connectivity index (χ4v) is 3.49. The molecule has 1 saturated carbocycles. The Morgan fingerprint density at radius 1 is 1.28 bits per heavy atom. The normalized spacial score (nSPS) is 21.0. The predicted molar refractivity (Wildman–Crippen MR) is 97.9 cm³/mol. The van der Waals surface area contributed by atoms with Gasteiger partial charge in [0.1, 0.15) is 0 Å². The zero-order chi connectivity index (χ0) is 17.6. The van der Waals surface area contributed by atoms with Crippen LogP contribution < -0.4 is 5.32 Å². The summed E-state index contributed by atoms with van der Waals surface area (Å²) in [7, 11) is 0. The fraction of sp³-hybridized carbons (Fsp3) is 0.600. The third-order valence-electron chi connectivity index (χ3n) is 5.06. The molecular weight excluding hydrogens is 314 g/mol. The Bertz CT molecular complexity index is 586. The van der Waals surface area contributed by atoms with Crippen LogP contribution in [0.25, 0.3) is 0 Å². The van der Waals surface area contributed by atoms with Crippen molar-refractivity contribution in [3.05, 3.63) is 35.9 Å². The summed E-state index contributed by atoms with van der Waals surface area (Å²) in [5, 5.41) is 2.93. The molecule has 1 heterocycles. The monoisotopic (exact) mass is 343 g/mol. The van der Waals surface area contributed by atoms with Crippen LogP contribution in [0.5, 0.6) is 0 Å². The van der Waals surface area contributed by atoms with Gasteiger partial charge in [0.05, 0.1) is 12.5 Å². The first kappa shape index (κ1) is 17.9. The highest BCUT2D eigenvalue weighted by molar-refractivity contribution is 5.88. The van der Waals surface area contributed by atoms with Crippen LogP contribution in [-0.2, 0) is 16.1 Å². The highest BCUT2D eigenvalue weighted by Crippen LogP contribution is 2.30. The largest absolute Gasteiger partial charge is 0.353 e. The summed E-state index contributed by atoms with van der Waals surface area (Å²) in [6.07, 6.45) is 3.71. The topological polar surface area (TPSA) is 52.7 Å². The number of nitrogens with zero attached hydrogens (tertiary/aromatic N) is 2. The third-order valence-corrected chi connectivity index (χ3v) is 5.06. The average molecular weight is 343 g/mol. The van der Waals surface area contributed by atoms with Gasteiger partial charge in [0.25, 0.3) is 0 Å². The van der Waals surface area contributed by atoms with E-state index in [1.807, 2.05) is 23.1 Å². The number of nitrogens with one attached hydrogen (secondary N) is 1. The number of piperazine rings is 1. The Balaban J connectivity index is 1.65. The van der Waals surface area contributed by atoms with Gasteiger partial charge in [-0.25, -0.2) is 0 Å². The quantitative estimate of drug-likeness (QED) is 0.786. The standard InChI is InChI=1S/C20H29N3O2/c1-2-11-23(15-17-8-9-17)19(24)13-18-20(25)21-10-12-22(18)14-16-6-4-3-5-7-16/h3-7,17-18H,2,8-15H2,1H3,(H,21,25)/t18-/m1/s1. The zero-order valence-corrected chi connectivity index (χ0v) is 15.1. The molecule has 1 atom stereocenters. The van der Waals surface area contributed by atoms with Crippen LogP contribution in [-0.4, -0.2) is 53.8 Å². The second kappa shape index (κ2) is 8.48. The molecule has 2 aliphatic rings. The molecule has 3 rings (SSSR count). The lowest BCUT2D eigenvalue weighted by Crippen LogP contribution is -2.56. The first-order chi connectivity index (χ1) is 12.2. The van der Waals surface area contributed by atoms with Crippen LogP contribution >= 0.6 is 0 Å². The number of amides is 2. The van der Waals surface area contributed by atoms with E-state index in [4.69, 9.17) is 0 Å². The number of benzene rings is 1. The van der Waals surface area contributed by atoms with Gasteiger partial charge in [-0.3, -0.25) is 14.5 Å². The highest BCUT2D eigenvalue weighted by atomic mass is 16.2. The lowest BCUT2D eigenvalue weighted by atomic mass is 10.1. The molecule has 1 aromatic carbocycles. The van der Waals surface area contributed by atoms with Crippen LogP contribution in [0.4, 0.5) is 0 Å². The molecule has 25 heavy (non-hydrogen) atoms. The second-order valence-corrected chi connectivity index (χ2v) is 7.25.